The SMILES string of the molecule is CCCc1nc(SCC(=O)Nc2ccc(Cl)c(Cl)c2)c2c(=O)n(C)c(=O)n(C)c2n1. The van der Waals surface area contributed by atoms with Crippen molar-refractivity contribution < 1.29 is 4.79 Å². The number of hydrogen-bond acceptors (Lipinski definition) is 6. The minimum Gasteiger partial charge on any atom is -0.325 e. The fourth-order valence-electron chi connectivity index (χ4n) is 2.82. The first-order valence-corrected chi connectivity index (χ1v) is 10.8. The van der Waals surface area contributed by atoms with Crippen LogP contribution < -0.4 is 16.6 Å². The van der Waals surface area contributed by atoms with Crippen LogP contribution in [0.2, 0.25) is 10.0 Å². The number of nitrogens with zero attached hydrogens (tertiary/aromatic N) is 4. The third-order valence-corrected chi connectivity index (χ3v) is 6.04. The molecule has 3 aromatic rings. The Bertz CT molecular complexity index is 1260. The Morgan fingerprint density at radius 3 is 2.53 bits per heavy atom. The van der Waals surface area contributed by atoms with Crippen molar-refractivity contribution in [2.45, 2.75) is 24.8 Å². The monoisotopic (exact) mass is 467 g/mol. The second-order valence-electron chi connectivity index (χ2n) is 6.57. The minimum absolute atomic E-state index is 0.00389. The van der Waals surface area contributed by atoms with Gasteiger partial charge in [0.05, 0.1) is 15.8 Å². The van der Waals surface area contributed by atoms with Gasteiger partial charge >= 0.3 is 5.69 Å². The first-order chi connectivity index (χ1) is 14.2. The van der Waals surface area contributed by atoms with Gasteiger partial charge in [0.1, 0.15) is 16.2 Å². The lowest BCUT2D eigenvalue weighted by Gasteiger charge is -2.12. The number of hydrogen-bond donors (Lipinski definition) is 1. The molecular weight excluding hydrogens is 449 g/mol. The lowest BCUT2D eigenvalue weighted by atomic mass is 10.3. The second-order valence-corrected chi connectivity index (χ2v) is 8.34. The molecule has 1 amide bonds. The van der Waals surface area contributed by atoms with Gasteiger partial charge < -0.3 is 5.32 Å². The summed E-state index contributed by atoms with van der Waals surface area (Å²) in [6.45, 7) is 1.98. The highest BCUT2D eigenvalue weighted by molar-refractivity contribution is 8.00. The van der Waals surface area contributed by atoms with Gasteiger partial charge in [0.25, 0.3) is 5.56 Å². The van der Waals surface area contributed by atoms with E-state index in [0.29, 0.717) is 33.0 Å². The Balaban J connectivity index is 1.94. The summed E-state index contributed by atoms with van der Waals surface area (Å²) in [5, 5.41) is 4.03. The van der Waals surface area contributed by atoms with Crippen LogP contribution in [0.15, 0.2) is 32.8 Å². The molecule has 0 atom stereocenters. The Hall–Kier alpha value is -2.36. The molecule has 0 aliphatic heterocycles. The minimum atomic E-state index is -0.497. The molecule has 0 unspecified atom stereocenters. The molecule has 11 heteroatoms. The van der Waals surface area contributed by atoms with Crippen LogP contribution in [0.25, 0.3) is 11.0 Å². The maximum absolute atomic E-state index is 12.7. The highest BCUT2D eigenvalue weighted by atomic mass is 35.5. The Kier molecular flexibility index (Phi) is 6.84. The molecule has 3 rings (SSSR count). The number of rotatable bonds is 6. The largest absolute Gasteiger partial charge is 0.332 e. The Morgan fingerprint density at radius 1 is 1.13 bits per heavy atom. The topological polar surface area (TPSA) is 98.9 Å². The zero-order valence-corrected chi connectivity index (χ0v) is 18.9. The molecule has 0 fully saturated rings. The lowest BCUT2D eigenvalue weighted by molar-refractivity contribution is -0.113. The van der Waals surface area contributed by atoms with Crippen molar-refractivity contribution in [3.8, 4) is 0 Å². The predicted octanol–water partition coefficient (Wildman–Crippen LogP) is 3.02. The van der Waals surface area contributed by atoms with Gasteiger partial charge in [-0.25, -0.2) is 14.8 Å². The number of aromatic nitrogens is 4. The van der Waals surface area contributed by atoms with Gasteiger partial charge in [0.15, 0.2) is 5.65 Å². The summed E-state index contributed by atoms with van der Waals surface area (Å²) in [5.74, 6) is 0.216. The Morgan fingerprint density at radius 2 is 1.87 bits per heavy atom. The fraction of sp³-hybridized carbons (Fsp3) is 0.316. The van der Waals surface area contributed by atoms with E-state index in [1.165, 1.54) is 11.6 Å². The molecule has 2 heterocycles. The molecule has 0 saturated heterocycles. The van der Waals surface area contributed by atoms with Crippen molar-refractivity contribution in [3.63, 3.8) is 0 Å². The van der Waals surface area contributed by atoms with Gasteiger partial charge in [-0.15, -0.1) is 0 Å². The predicted molar refractivity (Wildman–Crippen MR) is 120 cm³/mol. The third-order valence-electron chi connectivity index (χ3n) is 4.33. The van der Waals surface area contributed by atoms with Gasteiger partial charge in [-0.2, -0.15) is 0 Å². The number of halogens is 2. The zero-order valence-electron chi connectivity index (χ0n) is 16.5. The van der Waals surface area contributed by atoms with Gasteiger partial charge in [-0.05, 0) is 24.6 Å². The number of thioether (sulfide) groups is 1. The van der Waals surface area contributed by atoms with Crippen molar-refractivity contribution in [2.75, 3.05) is 11.1 Å². The molecule has 1 N–H and O–H groups in total. The molecule has 158 valence electrons. The molecule has 0 saturated carbocycles. The average Bonchev–Trinajstić information content (AvgIpc) is 2.71. The molecule has 0 radical (unpaired) electrons. The average molecular weight is 468 g/mol. The number of carbonyl (C=O) groups is 1. The maximum Gasteiger partial charge on any atom is 0.332 e. The van der Waals surface area contributed by atoms with E-state index in [-0.39, 0.29) is 22.7 Å². The number of benzene rings is 1. The van der Waals surface area contributed by atoms with E-state index in [1.54, 1.807) is 25.2 Å². The van der Waals surface area contributed by atoms with Crippen LogP contribution >= 0.6 is 35.0 Å². The smallest absolute Gasteiger partial charge is 0.325 e. The summed E-state index contributed by atoms with van der Waals surface area (Å²) >= 11 is 13.0. The van der Waals surface area contributed by atoms with E-state index in [9.17, 15) is 14.4 Å². The molecular formula is C19H19Cl2N5O3S. The van der Waals surface area contributed by atoms with Crippen molar-refractivity contribution in [1.82, 2.24) is 19.1 Å². The summed E-state index contributed by atoms with van der Waals surface area (Å²) in [7, 11) is 2.95. The summed E-state index contributed by atoms with van der Waals surface area (Å²) < 4.78 is 2.32. The van der Waals surface area contributed by atoms with Gasteiger partial charge in [-0.1, -0.05) is 41.9 Å². The third kappa shape index (κ3) is 4.53. The quantitative estimate of drug-likeness (QED) is 0.441. The standard InChI is InChI=1S/C19H19Cl2N5O3S/c1-4-5-13-23-16-15(18(28)26(3)19(29)25(16)2)17(24-13)30-9-14(27)22-10-6-7-11(20)12(21)8-10/h6-8H,4-5,9H2,1-3H3,(H,22,27). The van der Waals surface area contributed by atoms with Crippen LogP contribution in [-0.4, -0.2) is 30.8 Å². The van der Waals surface area contributed by atoms with Crippen LogP contribution in [0.4, 0.5) is 5.69 Å². The summed E-state index contributed by atoms with van der Waals surface area (Å²) in [5.41, 5.74) is -0.202. The molecule has 8 nitrogen and oxygen atoms in total. The van der Waals surface area contributed by atoms with E-state index in [4.69, 9.17) is 23.2 Å². The maximum atomic E-state index is 12.7. The van der Waals surface area contributed by atoms with Crippen molar-refractivity contribution in [3.05, 3.63) is 54.9 Å². The van der Waals surface area contributed by atoms with Crippen LogP contribution in [0.5, 0.6) is 0 Å². The lowest BCUT2D eigenvalue weighted by Crippen LogP contribution is -2.38. The van der Waals surface area contributed by atoms with Gasteiger partial charge in [0, 0.05) is 26.2 Å². The first kappa shape index (κ1) is 22.3. The molecule has 0 spiro atoms. The van der Waals surface area contributed by atoms with Crippen LogP contribution in [0.3, 0.4) is 0 Å². The van der Waals surface area contributed by atoms with E-state index in [2.05, 4.69) is 15.3 Å². The van der Waals surface area contributed by atoms with Crippen molar-refractivity contribution in [2.24, 2.45) is 14.1 Å². The van der Waals surface area contributed by atoms with Crippen molar-refractivity contribution in [1.29, 1.82) is 0 Å². The second kappa shape index (κ2) is 9.20. The van der Waals surface area contributed by atoms with E-state index in [0.717, 1.165) is 22.7 Å². The van der Waals surface area contributed by atoms with Crippen LogP contribution in [0, 0.1) is 0 Å². The molecule has 30 heavy (non-hydrogen) atoms. The fourth-order valence-corrected chi connectivity index (χ4v) is 3.95. The Labute approximate surface area is 186 Å². The number of fused-ring (bicyclic) bond motifs is 1. The molecule has 2 aromatic heterocycles. The molecule has 0 bridgehead atoms. The van der Waals surface area contributed by atoms with E-state index >= 15 is 0 Å². The van der Waals surface area contributed by atoms with Crippen molar-refractivity contribution >= 4 is 57.6 Å². The summed E-state index contributed by atoms with van der Waals surface area (Å²) in [6, 6.07) is 4.78. The van der Waals surface area contributed by atoms with Crippen LogP contribution in [0.1, 0.15) is 19.2 Å². The number of nitrogens with one attached hydrogen (secondary N) is 1. The highest BCUT2D eigenvalue weighted by Gasteiger charge is 2.18. The van der Waals surface area contributed by atoms with E-state index in [1.807, 2.05) is 6.92 Å². The van der Waals surface area contributed by atoms with Gasteiger partial charge in [-0.3, -0.25) is 18.7 Å². The molecule has 0 aliphatic carbocycles. The van der Waals surface area contributed by atoms with E-state index < -0.39 is 11.2 Å². The normalized spacial score (nSPS) is 11.1. The summed E-state index contributed by atoms with van der Waals surface area (Å²) in [6.07, 6.45) is 1.38. The number of amides is 1. The number of anilines is 1. The summed E-state index contributed by atoms with van der Waals surface area (Å²) in [4.78, 5) is 46.3. The number of carbonyl (C=O) groups excluding carboxylic acids is 1. The van der Waals surface area contributed by atoms with Crippen LogP contribution in [-0.2, 0) is 25.3 Å². The first-order valence-electron chi connectivity index (χ1n) is 9.07. The highest BCUT2D eigenvalue weighted by Crippen LogP contribution is 2.26. The molecule has 0 aliphatic rings. The van der Waals surface area contributed by atoms with Gasteiger partial charge in [0.2, 0.25) is 5.91 Å². The number of aryl methyl sites for hydroxylation is 2. The zero-order chi connectivity index (χ0) is 22.0. The molecule has 1 aromatic carbocycles.